The van der Waals surface area contributed by atoms with Crippen molar-refractivity contribution in [3.05, 3.63) is 53.6 Å². The number of nitrogens with one attached hydrogen (secondary N) is 4. The first-order valence-electron chi connectivity index (χ1n) is 17.2. The van der Waals surface area contributed by atoms with Crippen LogP contribution >= 0.6 is 0 Å². The molecule has 1 saturated carbocycles. The van der Waals surface area contributed by atoms with Gasteiger partial charge in [0.25, 0.3) is 5.91 Å². The fourth-order valence-electron chi connectivity index (χ4n) is 5.10. The van der Waals surface area contributed by atoms with Crippen LogP contribution in [0, 0.1) is 0 Å². The summed E-state index contributed by atoms with van der Waals surface area (Å²) in [6.45, 7) is 3.89. The van der Waals surface area contributed by atoms with Crippen molar-refractivity contribution in [2.75, 3.05) is 63.4 Å². The topological polar surface area (TPSA) is 214 Å². The van der Waals surface area contributed by atoms with Crippen molar-refractivity contribution in [1.29, 1.82) is 0 Å². The second kappa shape index (κ2) is 17.7. The molecular formula is C35H42F3N7O10. The van der Waals surface area contributed by atoms with Crippen molar-refractivity contribution in [3.8, 4) is 17.5 Å². The monoisotopic (exact) mass is 777 g/mol. The Morgan fingerprint density at radius 2 is 1.56 bits per heavy atom. The summed E-state index contributed by atoms with van der Waals surface area (Å²) in [5, 5.41) is 20.6. The van der Waals surface area contributed by atoms with Crippen LogP contribution in [0.4, 0.5) is 35.5 Å². The quantitative estimate of drug-likeness (QED) is 0.213. The molecule has 17 nitrogen and oxygen atoms in total. The molecule has 298 valence electrons. The number of halogens is 3. The fourth-order valence-corrected chi connectivity index (χ4v) is 5.10. The summed E-state index contributed by atoms with van der Waals surface area (Å²) in [6.07, 6.45) is -4.18. The molecule has 3 aliphatic rings. The van der Waals surface area contributed by atoms with Gasteiger partial charge in [-0.3, -0.25) is 4.79 Å². The van der Waals surface area contributed by atoms with E-state index < -0.39 is 60.5 Å². The lowest BCUT2D eigenvalue weighted by molar-refractivity contribution is -0.154. The van der Waals surface area contributed by atoms with Crippen LogP contribution in [0.5, 0.6) is 17.5 Å². The maximum atomic E-state index is 13.4. The lowest BCUT2D eigenvalue weighted by Gasteiger charge is -2.21. The Hall–Kier alpha value is -5.63. The molecule has 2 amide bonds. The van der Waals surface area contributed by atoms with Crippen molar-refractivity contribution < 1.29 is 61.1 Å². The average molecular weight is 778 g/mol. The van der Waals surface area contributed by atoms with Gasteiger partial charge in [-0.25, -0.2) is 9.59 Å². The molecule has 6 bridgehead atoms. The number of ether oxygens (including phenoxy) is 6. The molecule has 3 aromatic rings. The molecule has 2 aromatic carbocycles. The molecule has 1 atom stereocenters. The number of alkyl carbamates (subject to hydrolysis) is 1. The van der Waals surface area contributed by atoms with Gasteiger partial charge in [0.15, 0.2) is 6.61 Å². The van der Waals surface area contributed by atoms with Crippen LogP contribution in [0.2, 0.25) is 0 Å². The van der Waals surface area contributed by atoms with E-state index in [0.29, 0.717) is 25.2 Å². The molecule has 0 radical (unpaired) electrons. The molecule has 1 unspecified atom stereocenters. The number of fused-ring (bicyclic) bond motifs is 11. The van der Waals surface area contributed by atoms with E-state index in [1.54, 1.807) is 32.9 Å². The van der Waals surface area contributed by atoms with Gasteiger partial charge < -0.3 is 54.8 Å². The number of carbonyl (C=O) groups excluding carboxylic acids is 2. The number of hydrogen-bond donors (Lipinski definition) is 5. The Morgan fingerprint density at radius 1 is 0.909 bits per heavy atom. The normalized spacial score (nSPS) is 16.5. The summed E-state index contributed by atoms with van der Waals surface area (Å²) in [4.78, 5) is 50.0. The standard InChI is InChI=1S/C35H42F3N7O10/c1-33(2,3)55-32(49)39-19-25(28(47)48)41-27(46)24-9-6-22-18-26(24)53-17-15-51-13-12-50-14-16-52-23-7-4-21(5-8-23)34(10-11-34)45-30-42-29(40-22)43-31(44-30)54-20-35(36,37)38/h4-9,18,25H,10-17,19-20H2,1-3H3,(H,39,49)(H,41,46)(H,47,48)(H2,40,42,43,44,45). The van der Waals surface area contributed by atoms with E-state index in [1.807, 2.05) is 12.1 Å². The largest absolute Gasteiger partial charge is 0.491 e. The molecule has 1 spiro atoms. The summed E-state index contributed by atoms with van der Waals surface area (Å²) in [7, 11) is 0. The maximum Gasteiger partial charge on any atom is 0.422 e. The smallest absolute Gasteiger partial charge is 0.422 e. The molecular weight excluding hydrogens is 735 g/mol. The molecule has 20 heteroatoms. The van der Waals surface area contributed by atoms with Gasteiger partial charge in [-0.1, -0.05) is 12.1 Å². The predicted molar refractivity (Wildman–Crippen MR) is 188 cm³/mol. The molecule has 1 aromatic heterocycles. The van der Waals surface area contributed by atoms with Crippen LogP contribution in [0.3, 0.4) is 0 Å². The molecule has 3 heterocycles. The van der Waals surface area contributed by atoms with Gasteiger partial charge in [0, 0.05) is 11.8 Å². The minimum atomic E-state index is -4.67. The minimum Gasteiger partial charge on any atom is -0.491 e. The maximum absolute atomic E-state index is 13.4. The molecule has 1 fully saturated rings. The highest BCUT2D eigenvalue weighted by Gasteiger charge is 2.45. The van der Waals surface area contributed by atoms with Crippen LogP contribution in [0.25, 0.3) is 0 Å². The number of benzene rings is 2. The first-order valence-corrected chi connectivity index (χ1v) is 17.2. The first-order chi connectivity index (χ1) is 26.1. The lowest BCUT2D eigenvalue weighted by Crippen LogP contribution is -2.49. The van der Waals surface area contributed by atoms with Crippen LogP contribution in [0.1, 0.15) is 49.5 Å². The van der Waals surface area contributed by atoms with Crippen LogP contribution in [-0.4, -0.2) is 109 Å². The Kier molecular flexibility index (Phi) is 13.0. The highest BCUT2D eigenvalue weighted by molar-refractivity contribution is 5.99. The van der Waals surface area contributed by atoms with Gasteiger partial charge in [0.05, 0.1) is 44.1 Å². The number of alkyl halides is 3. The second-order valence-corrected chi connectivity index (χ2v) is 13.4. The zero-order valence-electron chi connectivity index (χ0n) is 30.3. The van der Waals surface area contributed by atoms with Gasteiger partial charge in [-0.2, -0.15) is 28.1 Å². The Morgan fingerprint density at radius 3 is 2.20 bits per heavy atom. The Balaban J connectivity index is 1.42. The van der Waals surface area contributed by atoms with Crippen LogP contribution in [-0.2, 0) is 24.5 Å². The van der Waals surface area contributed by atoms with Gasteiger partial charge in [-0.15, -0.1) is 0 Å². The number of carbonyl (C=O) groups is 3. The number of anilines is 3. The van der Waals surface area contributed by atoms with Crippen molar-refractivity contribution in [1.82, 2.24) is 25.6 Å². The van der Waals surface area contributed by atoms with Gasteiger partial charge in [0.2, 0.25) is 11.9 Å². The van der Waals surface area contributed by atoms with E-state index in [-0.39, 0.29) is 61.9 Å². The van der Waals surface area contributed by atoms with Gasteiger partial charge in [-0.05, 0) is 63.4 Å². The van der Waals surface area contributed by atoms with Crippen molar-refractivity contribution in [2.24, 2.45) is 0 Å². The van der Waals surface area contributed by atoms with Crippen molar-refractivity contribution in [2.45, 2.75) is 57.0 Å². The molecule has 1 aliphatic carbocycles. The number of nitrogens with zero attached hydrogens (tertiary/aromatic N) is 3. The van der Waals surface area contributed by atoms with Crippen LogP contribution < -0.4 is 35.5 Å². The summed E-state index contributed by atoms with van der Waals surface area (Å²) in [5.41, 5.74) is -0.424. The molecule has 55 heavy (non-hydrogen) atoms. The van der Waals surface area contributed by atoms with E-state index in [0.717, 1.165) is 5.56 Å². The van der Waals surface area contributed by atoms with E-state index >= 15 is 0 Å². The molecule has 6 rings (SSSR count). The summed E-state index contributed by atoms with van der Waals surface area (Å²) >= 11 is 0. The number of aliphatic carboxylic acids is 1. The number of amides is 2. The SMILES string of the molecule is CC(C)(C)OC(=O)NCC(NC(=O)c1ccc2cc1OCCOCCOCCOc1ccc(cc1)C1(CC1)Nc1nc(nc(OCC(F)(F)F)n1)N2)C(=O)O. The number of carboxylic acids is 1. The third-order valence-electron chi connectivity index (χ3n) is 7.78. The van der Waals surface area contributed by atoms with Crippen molar-refractivity contribution in [3.63, 3.8) is 0 Å². The van der Waals surface area contributed by atoms with E-state index in [4.69, 9.17) is 28.4 Å². The highest BCUT2D eigenvalue weighted by Crippen LogP contribution is 2.48. The molecule has 0 saturated heterocycles. The number of hydrogen-bond acceptors (Lipinski definition) is 14. The third kappa shape index (κ3) is 12.7. The number of aromatic nitrogens is 3. The fraction of sp³-hybridized carbons (Fsp3) is 0.486. The highest BCUT2D eigenvalue weighted by atomic mass is 19.4. The second-order valence-electron chi connectivity index (χ2n) is 13.4. The Labute approximate surface area is 313 Å². The lowest BCUT2D eigenvalue weighted by atomic mass is 10.1. The zero-order chi connectivity index (χ0) is 39.6. The number of carboxylic acid groups (broad SMARTS) is 1. The number of rotatable bonds is 7. The predicted octanol–water partition coefficient (Wildman–Crippen LogP) is 4.17. The summed E-state index contributed by atoms with van der Waals surface area (Å²) < 4.78 is 72.2. The van der Waals surface area contributed by atoms with E-state index in [9.17, 15) is 32.7 Å². The third-order valence-corrected chi connectivity index (χ3v) is 7.78. The van der Waals surface area contributed by atoms with Crippen molar-refractivity contribution >= 4 is 35.6 Å². The minimum absolute atomic E-state index is 0.0247. The van der Waals surface area contributed by atoms with E-state index in [1.165, 1.54) is 18.2 Å². The zero-order valence-corrected chi connectivity index (χ0v) is 30.3. The Bertz CT molecular complexity index is 1800. The average Bonchev–Trinajstić information content (AvgIpc) is 3.89. The summed E-state index contributed by atoms with van der Waals surface area (Å²) in [5.74, 6) is -1.95. The van der Waals surface area contributed by atoms with Gasteiger partial charge in [0.1, 0.15) is 36.4 Å². The van der Waals surface area contributed by atoms with Crippen LogP contribution in [0.15, 0.2) is 42.5 Å². The summed E-state index contributed by atoms with van der Waals surface area (Å²) in [6, 6.07) is 9.33. The molecule has 5 N–H and O–H groups in total. The van der Waals surface area contributed by atoms with Gasteiger partial charge >= 0.3 is 24.2 Å². The molecule has 2 aliphatic heterocycles. The first kappa shape index (κ1) is 40.6. The van der Waals surface area contributed by atoms with E-state index in [2.05, 4.69) is 36.2 Å².